The van der Waals surface area contributed by atoms with E-state index in [9.17, 15) is 0 Å². The van der Waals surface area contributed by atoms with Crippen molar-refractivity contribution in [2.24, 2.45) is 0 Å². The van der Waals surface area contributed by atoms with Crippen LogP contribution in [0.5, 0.6) is 0 Å². The first-order valence-electron chi connectivity index (χ1n) is 3.92. The highest BCUT2D eigenvalue weighted by molar-refractivity contribution is 7.71. The zero-order valence-corrected chi connectivity index (χ0v) is 8.84. The van der Waals surface area contributed by atoms with E-state index in [1.807, 2.05) is 24.7 Å². The van der Waals surface area contributed by atoms with Crippen LogP contribution in [0.1, 0.15) is 5.56 Å². The van der Waals surface area contributed by atoms with Crippen LogP contribution in [-0.2, 0) is 11.5 Å². The molecule has 5 heteroatoms. The van der Waals surface area contributed by atoms with Gasteiger partial charge in [-0.25, -0.2) is 4.98 Å². The van der Waals surface area contributed by atoms with E-state index >= 15 is 0 Å². The third kappa shape index (κ3) is 2.87. The lowest BCUT2D eigenvalue weighted by Crippen LogP contribution is -2.21. The molecule has 0 bridgehead atoms. The monoisotopic (exact) mass is 199 g/mol. The van der Waals surface area contributed by atoms with Gasteiger partial charge in [-0.1, -0.05) is 0 Å². The largest absolute Gasteiger partial charge is 0.308 e. The van der Waals surface area contributed by atoms with Crippen molar-refractivity contribution >= 4 is 12.2 Å². The summed E-state index contributed by atoms with van der Waals surface area (Å²) in [6.07, 6.45) is 3.70. The van der Waals surface area contributed by atoms with E-state index in [0.717, 1.165) is 5.56 Å². The molecule has 0 aliphatic heterocycles. The Labute approximate surface area is 82.7 Å². The quantitative estimate of drug-likeness (QED) is 0.543. The second kappa shape index (κ2) is 4.45. The molecule has 0 N–H and O–H groups in total. The molecular formula is C8H13N3OS. The number of hydrogen-bond donors (Lipinski definition) is 0. The van der Waals surface area contributed by atoms with Gasteiger partial charge in [-0.3, -0.25) is 0 Å². The second-order valence-electron chi connectivity index (χ2n) is 2.84. The van der Waals surface area contributed by atoms with Crippen molar-refractivity contribution < 1.29 is 4.84 Å². The lowest BCUT2D eigenvalue weighted by molar-refractivity contribution is -0.132. The molecule has 0 aliphatic rings. The van der Waals surface area contributed by atoms with Crippen LogP contribution < -0.4 is 0 Å². The van der Waals surface area contributed by atoms with Crippen molar-refractivity contribution in [3.8, 4) is 0 Å². The maximum absolute atomic E-state index is 5.05. The summed E-state index contributed by atoms with van der Waals surface area (Å²) in [6.45, 7) is 2.56. The van der Waals surface area contributed by atoms with Crippen molar-refractivity contribution in [2.45, 2.75) is 13.6 Å². The Hall–Kier alpha value is -0.780. The topological polar surface area (TPSA) is 30.3 Å². The Morgan fingerprint density at radius 2 is 2.38 bits per heavy atom. The minimum absolute atomic E-state index is 0.564. The van der Waals surface area contributed by atoms with Crippen LogP contribution in [0.4, 0.5) is 0 Å². The molecule has 0 fully saturated rings. The number of aromatic nitrogens is 2. The van der Waals surface area contributed by atoms with E-state index in [2.05, 4.69) is 4.98 Å². The van der Waals surface area contributed by atoms with Crippen molar-refractivity contribution in [3.05, 3.63) is 22.7 Å². The van der Waals surface area contributed by atoms with Crippen LogP contribution in [0.25, 0.3) is 0 Å². The normalized spacial score (nSPS) is 10.8. The zero-order valence-electron chi connectivity index (χ0n) is 8.02. The fourth-order valence-corrected chi connectivity index (χ4v) is 1.10. The Morgan fingerprint density at radius 1 is 1.69 bits per heavy atom. The molecule has 0 aliphatic carbocycles. The minimum atomic E-state index is 0.564. The highest BCUT2D eigenvalue weighted by Crippen LogP contribution is 1.97. The summed E-state index contributed by atoms with van der Waals surface area (Å²) in [5, 5.41) is 1.68. The van der Waals surface area contributed by atoms with Crippen molar-refractivity contribution in [1.29, 1.82) is 0 Å². The number of hydroxylamine groups is 2. The van der Waals surface area contributed by atoms with E-state index in [4.69, 9.17) is 17.1 Å². The highest BCUT2D eigenvalue weighted by atomic mass is 32.1. The standard InChI is InChI=1S/C8H13N3OS/c1-7-4-9-8(13)11(5-7)6-10(2)12-3/h4-5H,6H2,1-3H3. The first kappa shape index (κ1) is 10.3. The number of rotatable bonds is 3. The Bertz CT molecular complexity index is 336. The molecule has 0 amide bonds. The Kier molecular flexibility index (Phi) is 3.53. The van der Waals surface area contributed by atoms with Gasteiger partial charge in [0.1, 0.15) is 6.67 Å². The van der Waals surface area contributed by atoms with E-state index in [1.54, 1.807) is 18.4 Å². The third-order valence-corrected chi connectivity index (χ3v) is 1.99. The van der Waals surface area contributed by atoms with Gasteiger partial charge < -0.3 is 9.40 Å². The summed E-state index contributed by atoms with van der Waals surface area (Å²) in [5.74, 6) is 0. The maximum Gasteiger partial charge on any atom is 0.200 e. The average molecular weight is 199 g/mol. The van der Waals surface area contributed by atoms with Gasteiger partial charge in [0.2, 0.25) is 4.77 Å². The Morgan fingerprint density at radius 3 is 3.00 bits per heavy atom. The second-order valence-corrected chi connectivity index (χ2v) is 3.20. The van der Waals surface area contributed by atoms with Gasteiger partial charge in [-0.05, 0) is 24.7 Å². The summed E-state index contributed by atoms with van der Waals surface area (Å²) in [4.78, 5) is 9.05. The summed E-state index contributed by atoms with van der Waals surface area (Å²) in [6, 6.07) is 0. The predicted octanol–water partition coefficient (Wildman–Crippen LogP) is 1.37. The molecule has 0 aromatic carbocycles. The first-order chi connectivity index (χ1) is 6.13. The fourth-order valence-electron chi connectivity index (χ4n) is 0.939. The van der Waals surface area contributed by atoms with Crippen LogP contribution in [0.2, 0.25) is 0 Å². The molecule has 72 valence electrons. The minimum Gasteiger partial charge on any atom is -0.308 e. The highest BCUT2D eigenvalue weighted by Gasteiger charge is 1.98. The predicted molar refractivity (Wildman–Crippen MR) is 52.6 cm³/mol. The van der Waals surface area contributed by atoms with Crippen LogP contribution in [0, 0.1) is 11.7 Å². The van der Waals surface area contributed by atoms with Gasteiger partial charge in [-0.15, -0.1) is 0 Å². The molecule has 1 aromatic heterocycles. The molecule has 0 saturated carbocycles. The van der Waals surface area contributed by atoms with Gasteiger partial charge in [0.05, 0.1) is 7.11 Å². The molecule has 0 radical (unpaired) electrons. The van der Waals surface area contributed by atoms with Gasteiger partial charge in [0, 0.05) is 19.4 Å². The fraction of sp³-hybridized carbons (Fsp3) is 0.500. The first-order valence-corrected chi connectivity index (χ1v) is 4.32. The van der Waals surface area contributed by atoms with Crippen LogP contribution in [0.3, 0.4) is 0 Å². The number of hydrogen-bond acceptors (Lipinski definition) is 4. The van der Waals surface area contributed by atoms with Crippen LogP contribution >= 0.6 is 12.2 Å². The van der Waals surface area contributed by atoms with Gasteiger partial charge in [0.25, 0.3) is 0 Å². The molecule has 1 aromatic rings. The van der Waals surface area contributed by atoms with Gasteiger partial charge >= 0.3 is 0 Å². The zero-order chi connectivity index (χ0) is 9.84. The van der Waals surface area contributed by atoms with E-state index < -0.39 is 0 Å². The molecule has 1 heterocycles. The van der Waals surface area contributed by atoms with E-state index in [-0.39, 0.29) is 0 Å². The molecule has 0 saturated heterocycles. The molecule has 4 nitrogen and oxygen atoms in total. The maximum atomic E-state index is 5.05. The van der Waals surface area contributed by atoms with Crippen LogP contribution in [0.15, 0.2) is 12.4 Å². The smallest absolute Gasteiger partial charge is 0.200 e. The molecule has 13 heavy (non-hydrogen) atoms. The lowest BCUT2D eigenvalue weighted by Gasteiger charge is -2.15. The van der Waals surface area contributed by atoms with Crippen molar-refractivity contribution in [1.82, 2.24) is 14.6 Å². The van der Waals surface area contributed by atoms with Gasteiger partial charge in [0.15, 0.2) is 0 Å². The van der Waals surface area contributed by atoms with Gasteiger partial charge in [-0.2, -0.15) is 5.06 Å². The van der Waals surface area contributed by atoms with E-state index in [1.165, 1.54) is 0 Å². The Balaban J connectivity index is 2.87. The summed E-state index contributed by atoms with van der Waals surface area (Å²) >= 11 is 5.05. The summed E-state index contributed by atoms with van der Waals surface area (Å²) in [5.41, 5.74) is 1.08. The average Bonchev–Trinajstić information content (AvgIpc) is 2.11. The molecule has 0 atom stereocenters. The van der Waals surface area contributed by atoms with Crippen molar-refractivity contribution in [3.63, 3.8) is 0 Å². The molecular weight excluding hydrogens is 186 g/mol. The SMILES string of the molecule is CON(C)Cn1cc(C)cnc1=S. The van der Waals surface area contributed by atoms with Crippen molar-refractivity contribution in [2.75, 3.05) is 14.2 Å². The third-order valence-electron chi connectivity index (χ3n) is 1.65. The molecule has 0 unspecified atom stereocenters. The summed E-state index contributed by atoms with van der Waals surface area (Å²) in [7, 11) is 3.46. The number of nitrogens with zero attached hydrogens (tertiary/aromatic N) is 3. The summed E-state index contributed by atoms with van der Waals surface area (Å²) < 4.78 is 2.42. The molecule has 0 spiro atoms. The molecule has 1 rings (SSSR count). The lowest BCUT2D eigenvalue weighted by atomic mass is 10.4. The van der Waals surface area contributed by atoms with Crippen LogP contribution in [-0.4, -0.2) is 28.8 Å². The number of aryl methyl sites for hydroxylation is 1. The van der Waals surface area contributed by atoms with E-state index in [0.29, 0.717) is 11.4 Å².